The minimum atomic E-state index is -0.806. The number of hydrogen-bond acceptors (Lipinski definition) is 4. The smallest absolute Gasteiger partial charge is 0.305 e. The van der Waals surface area contributed by atoms with Crippen LogP contribution in [0.4, 0.5) is 0 Å². The molecule has 2 aromatic heterocycles. The Balaban J connectivity index is 1.98. The average molecular weight is 279 g/mol. The minimum absolute atomic E-state index is 0.0713. The van der Waals surface area contributed by atoms with E-state index in [9.17, 15) is 4.79 Å². The Kier molecular flexibility index (Phi) is 4.76. The SMILES string of the molecule is CCc1ccc(CNC(CC(=O)O)c2cccs2)o1. The van der Waals surface area contributed by atoms with Gasteiger partial charge in [0, 0.05) is 11.3 Å². The molecule has 0 radical (unpaired) electrons. The van der Waals surface area contributed by atoms with E-state index in [0.717, 1.165) is 22.8 Å². The second-order valence-corrected chi connectivity index (χ2v) is 5.25. The van der Waals surface area contributed by atoms with Gasteiger partial charge in [0.2, 0.25) is 0 Å². The Bertz CT molecular complexity index is 519. The fraction of sp³-hybridized carbons (Fsp3) is 0.357. The van der Waals surface area contributed by atoms with Gasteiger partial charge in [0.1, 0.15) is 11.5 Å². The van der Waals surface area contributed by atoms with E-state index in [1.165, 1.54) is 0 Å². The first-order valence-electron chi connectivity index (χ1n) is 6.25. The summed E-state index contributed by atoms with van der Waals surface area (Å²) < 4.78 is 5.60. The van der Waals surface area contributed by atoms with Crippen LogP contribution in [0.1, 0.15) is 35.8 Å². The van der Waals surface area contributed by atoms with Gasteiger partial charge in [0.05, 0.1) is 19.0 Å². The molecule has 0 bridgehead atoms. The van der Waals surface area contributed by atoms with Crippen molar-refractivity contribution >= 4 is 17.3 Å². The normalized spacial score (nSPS) is 12.5. The topological polar surface area (TPSA) is 62.5 Å². The standard InChI is InChI=1S/C14H17NO3S/c1-2-10-5-6-11(18-10)9-15-12(8-14(16)17)13-4-3-7-19-13/h3-7,12,15H,2,8-9H2,1H3,(H,16,17). The Morgan fingerprint density at radius 2 is 2.21 bits per heavy atom. The number of aryl methyl sites for hydroxylation is 1. The molecule has 0 saturated heterocycles. The molecule has 5 heteroatoms. The molecule has 0 amide bonds. The van der Waals surface area contributed by atoms with Crippen LogP contribution in [0.25, 0.3) is 0 Å². The molecular formula is C14H17NO3S. The van der Waals surface area contributed by atoms with Crippen molar-refractivity contribution in [2.75, 3.05) is 0 Å². The molecule has 1 atom stereocenters. The van der Waals surface area contributed by atoms with Crippen molar-refractivity contribution in [3.63, 3.8) is 0 Å². The lowest BCUT2D eigenvalue weighted by Gasteiger charge is -2.14. The zero-order chi connectivity index (χ0) is 13.7. The number of rotatable bonds is 7. The summed E-state index contributed by atoms with van der Waals surface area (Å²) in [6.45, 7) is 2.57. The third-order valence-electron chi connectivity index (χ3n) is 2.85. The van der Waals surface area contributed by atoms with Crippen LogP contribution in [0.15, 0.2) is 34.1 Å². The first kappa shape index (κ1) is 13.8. The van der Waals surface area contributed by atoms with Crippen LogP contribution in [0, 0.1) is 0 Å². The van der Waals surface area contributed by atoms with Crippen molar-refractivity contribution in [1.29, 1.82) is 0 Å². The number of carboxylic acids is 1. The second kappa shape index (κ2) is 6.54. The van der Waals surface area contributed by atoms with Crippen LogP contribution in [0.3, 0.4) is 0 Å². The maximum Gasteiger partial charge on any atom is 0.305 e. The highest BCUT2D eigenvalue weighted by molar-refractivity contribution is 7.10. The first-order chi connectivity index (χ1) is 9.19. The van der Waals surface area contributed by atoms with E-state index in [0.29, 0.717) is 6.54 Å². The Labute approximate surface area is 116 Å². The van der Waals surface area contributed by atoms with Gasteiger partial charge in [0.15, 0.2) is 0 Å². The molecule has 0 aliphatic carbocycles. The van der Waals surface area contributed by atoms with Gasteiger partial charge < -0.3 is 14.8 Å². The lowest BCUT2D eigenvalue weighted by Crippen LogP contribution is -2.22. The molecule has 2 aromatic rings. The molecule has 0 aromatic carbocycles. The Morgan fingerprint density at radius 3 is 2.79 bits per heavy atom. The van der Waals surface area contributed by atoms with Crippen molar-refractivity contribution in [3.8, 4) is 0 Å². The van der Waals surface area contributed by atoms with Crippen LogP contribution in [-0.2, 0) is 17.8 Å². The van der Waals surface area contributed by atoms with Crippen molar-refractivity contribution < 1.29 is 14.3 Å². The van der Waals surface area contributed by atoms with E-state index in [4.69, 9.17) is 9.52 Å². The largest absolute Gasteiger partial charge is 0.481 e. The molecule has 0 fully saturated rings. The molecule has 1 unspecified atom stereocenters. The van der Waals surface area contributed by atoms with Gasteiger partial charge >= 0.3 is 5.97 Å². The predicted octanol–water partition coefficient (Wildman–Crippen LogP) is 3.21. The van der Waals surface area contributed by atoms with E-state index < -0.39 is 5.97 Å². The number of nitrogens with one attached hydrogen (secondary N) is 1. The van der Waals surface area contributed by atoms with Crippen molar-refractivity contribution in [3.05, 3.63) is 46.0 Å². The van der Waals surface area contributed by atoms with Gasteiger partial charge in [0.25, 0.3) is 0 Å². The molecule has 0 aliphatic heterocycles. The fourth-order valence-corrected chi connectivity index (χ4v) is 2.67. The number of carboxylic acid groups (broad SMARTS) is 1. The monoisotopic (exact) mass is 279 g/mol. The number of carbonyl (C=O) groups is 1. The summed E-state index contributed by atoms with van der Waals surface area (Å²) in [6.07, 6.45) is 0.936. The Hall–Kier alpha value is -1.59. The van der Waals surface area contributed by atoms with E-state index in [2.05, 4.69) is 5.32 Å². The highest BCUT2D eigenvalue weighted by atomic mass is 32.1. The summed E-state index contributed by atoms with van der Waals surface area (Å²) >= 11 is 1.56. The van der Waals surface area contributed by atoms with E-state index >= 15 is 0 Å². The van der Waals surface area contributed by atoms with Crippen LogP contribution >= 0.6 is 11.3 Å². The number of thiophene rings is 1. The molecule has 2 heterocycles. The van der Waals surface area contributed by atoms with Gasteiger partial charge in [-0.25, -0.2) is 0 Å². The number of aliphatic carboxylic acids is 1. The molecule has 4 nitrogen and oxygen atoms in total. The molecule has 2 N–H and O–H groups in total. The van der Waals surface area contributed by atoms with Gasteiger partial charge in [-0.05, 0) is 23.6 Å². The van der Waals surface area contributed by atoms with Gasteiger partial charge in [-0.2, -0.15) is 0 Å². The maximum atomic E-state index is 10.9. The number of furan rings is 1. The predicted molar refractivity (Wildman–Crippen MR) is 74.2 cm³/mol. The van der Waals surface area contributed by atoms with Gasteiger partial charge in [-0.3, -0.25) is 4.79 Å². The fourth-order valence-electron chi connectivity index (χ4n) is 1.87. The Morgan fingerprint density at radius 1 is 1.42 bits per heavy atom. The van der Waals surface area contributed by atoms with Crippen molar-refractivity contribution in [2.45, 2.75) is 32.4 Å². The molecule has 0 spiro atoms. The third kappa shape index (κ3) is 3.94. The van der Waals surface area contributed by atoms with Crippen LogP contribution in [0.5, 0.6) is 0 Å². The maximum absolute atomic E-state index is 10.9. The van der Waals surface area contributed by atoms with Crippen molar-refractivity contribution in [2.24, 2.45) is 0 Å². The molecule has 0 saturated carbocycles. The zero-order valence-electron chi connectivity index (χ0n) is 10.8. The highest BCUT2D eigenvalue weighted by Crippen LogP contribution is 2.22. The second-order valence-electron chi connectivity index (χ2n) is 4.27. The third-order valence-corrected chi connectivity index (χ3v) is 3.84. The van der Waals surface area contributed by atoms with Crippen LogP contribution < -0.4 is 5.32 Å². The molecule has 19 heavy (non-hydrogen) atoms. The molecule has 0 aliphatic rings. The molecule has 2 rings (SSSR count). The summed E-state index contributed by atoms with van der Waals surface area (Å²) in [7, 11) is 0. The minimum Gasteiger partial charge on any atom is -0.481 e. The molecular weight excluding hydrogens is 262 g/mol. The van der Waals surface area contributed by atoms with Crippen molar-refractivity contribution in [1.82, 2.24) is 5.32 Å². The quantitative estimate of drug-likeness (QED) is 0.817. The summed E-state index contributed by atoms with van der Waals surface area (Å²) in [6, 6.07) is 7.59. The van der Waals surface area contributed by atoms with Gasteiger partial charge in [-0.1, -0.05) is 13.0 Å². The summed E-state index contributed by atoms with van der Waals surface area (Å²) in [5, 5.41) is 14.2. The van der Waals surface area contributed by atoms with Crippen LogP contribution in [-0.4, -0.2) is 11.1 Å². The molecule has 102 valence electrons. The number of hydrogen-bond donors (Lipinski definition) is 2. The lowest BCUT2D eigenvalue weighted by atomic mass is 10.1. The van der Waals surface area contributed by atoms with Gasteiger partial charge in [-0.15, -0.1) is 11.3 Å². The summed E-state index contributed by atoms with van der Waals surface area (Å²) in [4.78, 5) is 11.9. The zero-order valence-corrected chi connectivity index (χ0v) is 11.6. The van der Waals surface area contributed by atoms with Crippen LogP contribution in [0.2, 0.25) is 0 Å². The van der Waals surface area contributed by atoms with E-state index in [1.807, 2.05) is 36.6 Å². The summed E-state index contributed by atoms with van der Waals surface area (Å²) in [5.41, 5.74) is 0. The first-order valence-corrected chi connectivity index (χ1v) is 7.13. The van der Waals surface area contributed by atoms with E-state index in [1.54, 1.807) is 11.3 Å². The highest BCUT2D eigenvalue weighted by Gasteiger charge is 2.16. The average Bonchev–Trinajstić information content (AvgIpc) is 3.05. The lowest BCUT2D eigenvalue weighted by molar-refractivity contribution is -0.137. The van der Waals surface area contributed by atoms with E-state index in [-0.39, 0.29) is 12.5 Å². The summed E-state index contributed by atoms with van der Waals surface area (Å²) in [5.74, 6) is 0.978.